The Morgan fingerprint density at radius 3 is 2.80 bits per heavy atom. The first-order chi connectivity index (χ1) is 9.04. The normalized spacial score (nSPS) is 13.0. The molecule has 0 heterocycles. The van der Waals surface area contributed by atoms with Crippen LogP contribution in [0.1, 0.15) is 20.3 Å². The van der Waals surface area contributed by atoms with Crippen LogP contribution in [0, 0.1) is 5.92 Å². The summed E-state index contributed by atoms with van der Waals surface area (Å²) in [4.78, 5) is 11.7. The second-order valence-corrected chi connectivity index (χ2v) is 5.42. The summed E-state index contributed by atoms with van der Waals surface area (Å²) in [5.41, 5.74) is 5.83. The first kappa shape index (κ1) is 19.2. The first-order valence-electron chi connectivity index (χ1n) is 6.46. The van der Waals surface area contributed by atoms with Gasteiger partial charge in [-0.3, -0.25) is 4.79 Å². The van der Waals surface area contributed by atoms with E-state index in [4.69, 9.17) is 10.5 Å². The van der Waals surface area contributed by atoms with Crippen molar-refractivity contribution in [2.24, 2.45) is 11.7 Å². The van der Waals surface area contributed by atoms with Gasteiger partial charge in [0.25, 0.3) is 0 Å². The Balaban J connectivity index is 0.00000361. The zero-order valence-corrected chi connectivity index (χ0v) is 14.2. The Kier molecular flexibility index (Phi) is 9.63. The van der Waals surface area contributed by atoms with Gasteiger partial charge in [-0.15, -0.1) is 12.4 Å². The van der Waals surface area contributed by atoms with Gasteiger partial charge in [0.05, 0.1) is 12.6 Å². The molecule has 0 fully saturated rings. The summed E-state index contributed by atoms with van der Waals surface area (Å²) >= 11 is 3.37. The topological polar surface area (TPSA) is 64.4 Å². The SMILES string of the molecule is CCC(C)C(N)C(=O)NCCOc1cccc(Br)c1.Cl. The maximum absolute atomic E-state index is 11.7. The van der Waals surface area contributed by atoms with E-state index in [1.807, 2.05) is 38.1 Å². The van der Waals surface area contributed by atoms with Gasteiger partial charge in [-0.25, -0.2) is 0 Å². The lowest BCUT2D eigenvalue weighted by molar-refractivity contribution is -0.123. The number of hydrogen-bond donors (Lipinski definition) is 2. The summed E-state index contributed by atoms with van der Waals surface area (Å²) in [7, 11) is 0. The molecule has 0 aliphatic heterocycles. The molecule has 0 spiro atoms. The fraction of sp³-hybridized carbons (Fsp3) is 0.500. The molecule has 1 aromatic carbocycles. The van der Waals surface area contributed by atoms with Crippen LogP contribution < -0.4 is 15.8 Å². The Hall–Kier alpha value is -0.780. The average molecular weight is 366 g/mol. The van der Waals surface area contributed by atoms with Crippen LogP contribution in [0.3, 0.4) is 0 Å². The van der Waals surface area contributed by atoms with Crippen LogP contribution >= 0.6 is 28.3 Å². The van der Waals surface area contributed by atoms with Crippen LogP contribution in [0.5, 0.6) is 5.75 Å². The Morgan fingerprint density at radius 1 is 1.50 bits per heavy atom. The fourth-order valence-corrected chi connectivity index (χ4v) is 1.91. The van der Waals surface area contributed by atoms with Gasteiger partial charge in [0.1, 0.15) is 12.4 Å². The third-order valence-corrected chi connectivity index (χ3v) is 3.52. The highest BCUT2D eigenvalue weighted by molar-refractivity contribution is 9.10. The van der Waals surface area contributed by atoms with Gasteiger partial charge < -0.3 is 15.8 Å². The van der Waals surface area contributed by atoms with Crippen molar-refractivity contribution < 1.29 is 9.53 Å². The predicted octanol–water partition coefficient (Wildman–Crippen LogP) is 2.74. The smallest absolute Gasteiger partial charge is 0.237 e. The number of carbonyl (C=O) groups is 1. The van der Waals surface area contributed by atoms with E-state index >= 15 is 0 Å². The zero-order chi connectivity index (χ0) is 14.3. The second kappa shape index (κ2) is 10.0. The molecule has 2 unspecified atom stereocenters. The molecular formula is C14H22BrClN2O2. The van der Waals surface area contributed by atoms with Crippen LogP contribution in [0.2, 0.25) is 0 Å². The van der Waals surface area contributed by atoms with E-state index in [-0.39, 0.29) is 24.2 Å². The first-order valence-corrected chi connectivity index (χ1v) is 7.25. The van der Waals surface area contributed by atoms with Gasteiger partial charge in [-0.1, -0.05) is 42.3 Å². The van der Waals surface area contributed by atoms with Crippen molar-refractivity contribution in [2.45, 2.75) is 26.3 Å². The van der Waals surface area contributed by atoms with E-state index in [1.54, 1.807) is 0 Å². The van der Waals surface area contributed by atoms with E-state index in [0.29, 0.717) is 13.2 Å². The molecule has 0 saturated carbocycles. The summed E-state index contributed by atoms with van der Waals surface area (Å²) in [6.07, 6.45) is 0.892. The lowest BCUT2D eigenvalue weighted by Gasteiger charge is -2.17. The molecule has 1 rings (SSSR count). The number of hydrogen-bond acceptors (Lipinski definition) is 3. The molecule has 6 heteroatoms. The summed E-state index contributed by atoms with van der Waals surface area (Å²) < 4.78 is 6.48. The van der Waals surface area contributed by atoms with E-state index in [1.165, 1.54) is 0 Å². The van der Waals surface area contributed by atoms with Crippen LogP contribution in [0.25, 0.3) is 0 Å². The highest BCUT2D eigenvalue weighted by Gasteiger charge is 2.18. The lowest BCUT2D eigenvalue weighted by Crippen LogP contribution is -2.45. The van der Waals surface area contributed by atoms with Crippen molar-refractivity contribution in [3.8, 4) is 5.75 Å². The van der Waals surface area contributed by atoms with Gasteiger partial charge in [0.15, 0.2) is 0 Å². The van der Waals surface area contributed by atoms with Crippen molar-refractivity contribution >= 4 is 34.2 Å². The largest absolute Gasteiger partial charge is 0.492 e. The molecule has 4 nitrogen and oxygen atoms in total. The number of rotatable bonds is 7. The third kappa shape index (κ3) is 6.59. The van der Waals surface area contributed by atoms with Gasteiger partial charge in [-0.2, -0.15) is 0 Å². The number of nitrogens with one attached hydrogen (secondary N) is 1. The quantitative estimate of drug-likeness (QED) is 0.730. The molecule has 3 N–H and O–H groups in total. The Morgan fingerprint density at radius 2 is 2.20 bits per heavy atom. The Labute approximate surface area is 135 Å². The molecule has 0 aliphatic rings. The Bertz CT molecular complexity index is 418. The summed E-state index contributed by atoms with van der Waals surface area (Å²) in [6.45, 7) is 4.88. The van der Waals surface area contributed by atoms with E-state index in [0.717, 1.165) is 16.6 Å². The van der Waals surface area contributed by atoms with Crippen LogP contribution in [-0.2, 0) is 4.79 Å². The van der Waals surface area contributed by atoms with Gasteiger partial charge >= 0.3 is 0 Å². The van der Waals surface area contributed by atoms with Crippen molar-refractivity contribution in [3.05, 3.63) is 28.7 Å². The summed E-state index contributed by atoms with van der Waals surface area (Å²) in [6, 6.07) is 7.14. The molecule has 114 valence electrons. The van der Waals surface area contributed by atoms with Crippen molar-refractivity contribution in [1.82, 2.24) is 5.32 Å². The standard InChI is InChI=1S/C14H21BrN2O2.ClH/c1-3-10(2)13(16)14(18)17-7-8-19-12-6-4-5-11(15)9-12;/h4-6,9-10,13H,3,7-8,16H2,1-2H3,(H,17,18);1H. The molecule has 0 radical (unpaired) electrons. The number of ether oxygens (including phenoxy) is 1. The molecule has 0 bridgehead atoms. The molecule has 0 aromatic heterocycles. The molecular weight excluding hydrogens is 344 g/mol. The predicted molar refractivity (Wildman–Crippen MR) is 87.3 cm³/mol. The minimum atomic E-state index is -0.448. The fourth-order valence-electron chi connectivity index (χ4n) is 1.53. The number of halogens is 2. The molecule has 20 heavy (non-hydrogen) atoms. The minimum Gasteiger partial charge on any atom is -0.492 e. The monoisotopic (exact) mass is 364 g/mol. The summed E-state index contributed by atoms with van der Waals surface area (Å²) in [5, 5.41) is 2.78. The lowest BCUT2D eigenvalue weighted by atomic mass is 9.99. The second-order valence-electron chi connectivity index (χ2n) is 4.51. The third-order valence-electron chi connectivity index (χ3n) is 3.03. The van der Waals surface area contributed by atoms with Gasteiger partial charge in [-0.05, 0) is 24.1 Å². The maximum Gasteiger partial charge on any atom is 0.237 e. The van der Waals surface area contributed by atoms with E-state index in [2.05, 4.69) is 21.2 Å². The molecule has 0 aliphatic carbocycles. The molecule has 2 atom stereocenters. The highest BCUT2D eigenvalue weighted by atomic mass is 79.9. The van der Waals surface area contributed by atoms with Crippen molar-refractivity contribution in [2.75, 3.05) is 13.2 Å². The average Bonchev–Trinajstić information content (AvgIpc) is 2.41. The maximum atomic E-state index is 11.7. The molecule has 1 amide bonds. The van der Waals surface area contributed by atoms with Crippen LogP contribution in [0.4, 0.5) is 0 Å². The number of nitrogens with two attached hydrogens (primary N) is 1. The summed E-state index contributed by atoms with van der Waals surface area (Å²) in [5.74, 6) is 0.841. The van der Waals surface area contributed by atoms with Gasteiger partial charge in [0, 0.05) is 4.47 Å². The van der Waals surface area contributed by atoms with E-state index < -0.39 is 6.04 Å². The van der Waals surface area contributed by atoms with Crippen molar-refractivity contribution in [3.63, 3.8) is 0 Å². The highest BCUT2D eigenvalue weighted by Crippen LogP contribution is 2.17. The number of amides is 1. The molecule has 0 saturated heterocycles. The van der Waals surface area contributed by atoms with Crippen LogP contribution in [-0.4, -0.2) is 25.1 Å². The minimum absolute atomic E-state index is 0. The van der Waals surface area contributed by atoms with E-state index in [9.17, 15) is 4.79 Å². The van der Waals surface area contributed by atoms with Crippen molar-refractivity contribution in [1.29, 1.82) is 0 Å². The number of carbonyl (C=O) groups excluding carboxylic acids is 1. The number of benzene rings is 1. The zero-order valence-electron chi connectivity index (χ0n) is 11.8. The van der Waals surface area contributed by atoms with Gasteiger partial charge in [0.2, 0.25) is 5.91 Å². The van der Waals surface area contributed by atoms with Crippen LogP contribution in [0.15, 0.2) is 28.7 Å². The molecule has 1 aromatic rings.